The molecule has 0 saturated carbocycles. The molecule has 0 radical (unpaired) electrons. The molecule has 0 atom stereocenters. The summed E-state index contributed by atoms with van der Waals surface area (Å²) >= 11 is 0. The fraction of sp³-hybridized carbons (Fsp3) is 0.143. The van der Waals surface area contributed by atoms with E-state index in [9.17, 15) is 21.6 Å². The molecule has 112 valence electrons. The molecule has 0 saturated heterocycles. The number of rotatable bonds is 4. The minimum atomic E-state index is -4.42. The maximum atomic E-state index is 13.7. The van der Waals surface area contributed by atoms with Gasteiger partial charge in [-0.2, -0.15) is 0 Å². The largest absolute Gasteiger partial charge is 0.270 e. The molecule has 3 nitrogen and oxygen atoms in total. The summed E-state index contributed by atoms with van der Waals surface area (Å²) in [6.45, 7) is 1.46. The standard InChI is InChI=1S/C14H12F3NO2S/c1-2-18(11-8-6-10(15)7-9-11)21(19,20)14-12(16)4-3-5-13(14)17/h3-9H,2H2,1H3. The first-order valence-corrected chi connectivity index (χ1v) is 7.54. The maximum absolute atomic E-state index is 13.7. The third-order valence-corrected chi connectivity index (χ3v) is 4.82. The van der Waals surface area contributed by atoms with Crippen molar-refractivity contribution in [2.75, 3.05) is 10.8 Å². The van der Waals surface area contributed by atoms with Crippen LogP contribution >= 0.6 is 0 Å². The van der Waals surface area contributed by atoms with Crippen LogP contribution < -0.4 is 4.31 Å². The Labute approximate surface area is 120 Å². The summed E-state index contributed by atoms with van der Waals surface area (Å²) in [6.07, 6.45) is 0. The van der Waals surface area contributed by atoms with Crippen LogP contribution in [0.5, 0.6) is 0 Å². The molecule has 2 aromatic rings. The van der Waals surface area contributed by atoms with E-state index in [2.05, 4.69) is 0 Å². The molecule has 2 rings (SSSR count). The van der Waals surface area contributed by atoms with Crippen LogP contribution in [-0.4, -0.2) is 15.0 Å². The van der Waals surface area contributed by atoms with E-state index in [-0.39, 0.29) is 12.2 Å². The van der Waals surface area contributed by atoms with E-state index in [0.717, 1.165) is 34.6 Å². The number of hydrogen-bond acceptors (Lipinski definition) is 2. The summed E-state index contributed by atoms with van der Waals surface area (Å²) < 4.78 is 66.0. The van der Waals surface area contributed by atoms with Crippen molar-refractivity contribution in [2.45, 2.75) is 11.8 Å². The summed E-state index contributed by atoms with van der Waals surface area (Å²) in [7, 11) is -4.42. The monoisotopic (exact) mass is 315 g/mol. The fourth-order valence-corrected chi connectivity index (χ4v) is 3.53. The van der Waals surface area contributed by atoms with Crippen molar-refractivity contribution in [3.63, 3.8) is 0 Å². The topological polar surface area (TPSA) is 37.4 Å². The van der Waals surface area contributed by atoms with E-state index in [1.807, 2.05) is 0 Å². The van der Waals surface area contributed by atoms with Gasteiger partial charge in [-0.3, -0.25) is 4.31 Å². The lowest BCUT2D eigenvalue weighted by Gasteiger charge is -2.23. The average Bonchev–Trinajstić information content (AvgIpc) is 2.41. The summed E-state index contributed by atoms with van der Waals surface area (Å²) in [6, 6.07) is 7.43. The molecule has 0 bridgehead atoms. The van der Waals surface area contributed by atoms with E-state index >= 15 is 0 Å². The molecular weight excluding hydrogens is 303 g/mol. The minimum absolute atomic E-state index is 0.0538. The van der Waals surface area contributed by atoms with Crippen LogP contribution in [0, 0.1) is 17.5 Å². The zero-order valence-electron chi connectivity index (χ0n) is 11.1. The van der Waals surface area contributed by atoms with Gasteiger partial charge in [0, 0.05) is 6.54 Å². The number of nitrogens with zero attached hydrogens (tertiary/aromatic N) is 1. The van der Waals surface area contributed by atoms with Gasteiger partial charge in [-0.05, 0) is 43.3 Å². The maximum Gasteiger partial charge on any atom is 0.270 e. The van der Waals surface area contributed by atoms with Crippen molar-refractivity contribution in [1.29, 1.82) is 0 Å². The first kappa shape index (κ1) is 15.4. The molecule has 0 spiro atoms. The molecule has 0 aliphatic rings. The van der Waals surface area contributed by atoms with E-state index in [1.165, 1.54) is 19.1 Å². The zero-order chi connectivity index (χ0) is 15.6. The summed E-state index contributed by atoms with van der Waals surface area (Å²) in [4.78, 5) is -1.02. The number of halogens is 3. The molecule has 0 unspecified atom stereocenters. The van der Waals surface area contributed by atoms with Crippen molar-refractivity contribution < 1.29 is 21.6 Å². The van der Waals surface area contributed by atoms with Crippen LogP contribution in [0.2, 0.25) is 0 Å². The van der Waals surface area contributed by atoms with Gasteiger partial charge in [0.1, 0.15) is 17.5 Å². The van der Waals surface area contributed by atoms with E-state index in [1.54, 1.807) is 0 Å². The predicted octanol–water partition coefficient (Wildman–Crippen LogP) is 3.32. The zero-order valence-corrected chi connectivity index (χ0v) is 11.9. The van der Waals surface area contributed by atoms with Crippen LogP contribution in [0.4, 0.5) is 18.9 Å². The fourth-order valence-electron chi connectivity index (χ4n) is 1.94. The van der Waals surface area contributed by atoms with Crippen molar-refractivity contribution >= 4 is 15.7 Å². The Balaban J connectivity index is 2.58. The Kier molecular flexibility index (Phi) is 4.22. The predicted molar refractivity (Wildman–Crippen MR) is 73.0 cm³/mol. The molecule has 2 aromatic carbocycles. The van der Waals surface area contributed by atoms with Crippen LogP contribution in [-0.2, 0) is 10.0 Å². The Morgan fingerprint density at radius 1 is 0.952 bits per heavy atom. The first-order valence-electron chi connectivity index (χ1n) is 6.10. The number of anilines is 1. The second kappa shape index (κ2) is 5.77. The SMILES string of the molecule is CCN(c1ccc(F)cc1)S(=O)(=O)c1c(F)cccc1F. The first-order chi connectivity index (χ1) is 9.87. The van der Waals surface area contributed by atoms with Gasteiger partial charge in [0.05, 0.1) is 5.69 Å². The van der Waals surface area contributed by atoms with Gasteiger partial charge in [0.25, 0.3) is 10.0 Å². The third-order valence-electron chi connectivity index (χ3n) is 2.87. The van der Waals surface area contributed by atoms with Crippen molar-refractivity contribution in [3.8, 4) is 0 Å². The highest BCUT2D eigenvalue weighted by Gasteiger charge is 2.30. The summed E-state index contributed by atoms with van der Waals surface area (Å²) in [5, 5.41) is 0. The van der Waals surface area contributed by atoms with Gasteiger partial charge < -0.3 is 0 Å². The molecule has 0 aromatic heterocycles. The van der Waals surface area contributed by atoms with E-state index in [0.29, 0.717) is 0 Å². The van der Waals surface area contributed by atoms with Gasteiger partial charge in [-0.1, -0.05) is 6.07 Å². The molecule has 7 heteroatoms. The summed E-state index contributed by atoms with van der Waals surface area (Å²) in [5.74, 6) is -2.88. The van der Waals surface area contributed by atoms with Crippen LogP contribution in [0.3, 0.4) is 0 Å². The average molecular weight is 315 g/mol. The lowest BCUT2D eigenvalue weighted by Crippen LogP contribution is -2.32. The lowest BCUT2D eigenvalue weighted by atomic mass is 10.3. The second-order valence-electron chi connectivity index (χ2n) is 4.20. The van der Waals surface area contributed by atoms with Gasteiger partial charge >= 0.3 is 0 Å². The Hall–Kier alpha value is -2.02. The highest BCUT2D eigenvalue weighted by atomic mass is 32.2. The normalized spacial score (nSPS) is 11.4. The molecular formula is C14H12F3NO2S. The molecule has 0 amide bonds. The van der Waals surface area contributed by atoms with Gasteiger partial charge in [-0.25, -0.2) is 21.6 Å². The van der Waals surface area contributed by atoms with Crippen LogP contribution in [0.15, 0.2) is 47.4 Å². The van der Waals surface area contributed by atoms with Gasteiger partial charge in [-0.15, -0.1) is 0 Å². The Bertz CT molecular complexity index is 725. The number of hydrogen-bond donors (Lipinski definition) is 0. The summed E-state index contributed by atoms with van der Waals surface area (Å²) in [5.41, 5.74) is 0.126. The molecule has 0 aliphatic carbocycles. The minimum Gasteiger partial charge on any atom is -0.266 e. The smallest absolute Gasteiger partial charge is 0.266 e. The Morgan fingerprint density at radius 2 is 1.48 bits per heavy atom. The second-order valence-corrected chi connectivity index (χ2v) is 6.00. The lowest BCUT2D eigenvalue weighted by molar-refractivity contribution is 0.518. The highest BCUT2D eigenvalue weighted by Crippen LogP contribution is 2.27. The molecule has 0 fully saturated rings. The van der Waals surface area contributed by atoms with Crippen LogP contribution in [0.25, 0.3) is 0 Å². The van der Waals surface area contributed by atoms with Crippen molar-refractivity contribution in [3.05, 3.63) is 59.9 Å². The van der Waals surface area contributed by atoms with Gasteiger partial charge in [0.2, 0.25) is 0 Å². The molecule has 0 aliphatic heterocycles. The highest BCUT2D eigenvalue weighted by molar-refractivity contribution is 7.92. The van der Waals surface area contributed by atoms with Crippen molar-refractivity contribution in [1.82, 2.24) is 0 Å². The van der Waals surface area contributed by atoms with Crippen molar-refractivity contribution in [2.24, 2.45) is 0 Å². The van der Waals surface area contributed by atoms with E-state index < -0.39 is 32.4 Å². The quantitative estimate of drug-likeness (QED) is 0.868. The Morgan fingerprint density at radius 3 is 1.95 bits per heavy atom. The van der Waals surface area contributed by atoms with Crippen LogP contribution in [0.1, 0.15) is 6.92 Å². The van der Waals surface area contributed by atoms with E-state index in [4.69, 9.17) is 0 Å². The van der Waals surface area contributed by atoms with Gasteiger partial charge in [0.15, 0.2) is 4.90 Å². The number of sulfonamides is 1. The molecule has 0 N–H and O–H groups in total. The molecule has 0 heterocycles. The molecule has 21 heavy (non-hydrogen) atoms. The third kappa shape index (κ3) is 2.87. The number of benzene rings is 2.